The van der Waals surface area contributed by atoms with Crippen molar-refractivity contribution in [1.29, 1.82) is 0 Å². The van der Waals surface area contributed by atoms with E-state index in [1.807, 2.05) is 0 Å². The highest BCUT2D eigenvalue weighted by molar-refractivity contribution is 5.80. The molecule has 0 saturated carbocycles. The Kier molecular flexibility index (Phi) is 7.60. The van der Waals surface area contributed by atoms with Gasteiger partial charge < -0.3 is 5.32 Å². The van der Waals surface area contributed by atoms with Gasteiger partial charge in [0.2, 0.25) is 0 Å². The molecule has 0 aromatic heterocycles. The van der Waals surface area contributed by atoms with E-state index in [4.69, 9.17) is 0 Å². The molecule has 0 aliphatic rings. The fourth-order valence-electron chi connectivity index (χ4n) is 1.37. The molecule has 2 nitrogen and oxygen atoms in total. The van der Waals surface area contributed by atoms with Gasteiger partial charge in [-0.25, -0.2) is 0 Å². The Morgan fingerprint density at radius 1 is 1.62 bits per heavy atom. The van der Waals surface area contributed by atoms with E-state index in [1.165, 1.54) is 0 Å². The average molecular weight is 183 g/mol. The first-order valence-electron chi connectivity index (χ1n) is 5.04. The number of carbonyl (C=O) groups is 1. The van der Waals surface area contributed by atoms with E-state index in [1.54, 1.807) is 6.08 Å². The molecule has 1 N–H and O–H groups in total. The summed E-state index contributed by atoms with van der Waals surface area (Å²) in [5.41, 5.74) is 0. The summed E-state index contributed by atoms with van der Waals surface area (Å²) in [6.45, 7) is 9.06. The van der Waals surface area contributed by atoms with Crippen LogP contribution < -0.4 is 5.32 Å². The maximum Gasteiger partial charge on any atom is 0.146 e. The zero-order chi connectivity index (χ0) is 10.1. The zero-order valence-corrected chi connectivity index (χ0v) is 8.81. The second-order valence-corrected chi connectivity index (χ2v) is 3.56. The Morgan fingerprint density at radius 2 is 2.31 bits per heavy atom. The van der Waals surface area contributed by atoms with E-state index < -0.39 is 0 Å². The van der Waals surface area contributed by atoms with Crippen LogP contribution in [-0.4, -0.2) is 18.9 Å². The molecule has 0 aromatic rings. The van der Waals surface area contributed by atoms with Gasteiger partial charge in [-0.05, 0) is 5.92 Å². The third-order valence-electron chi connectivity index (χ3n) is 1.97. The largest absolute Gasteiger partial charge is 0.307 e. The SMILES string of the molecule is C=CCNCC(=O)CC(C)CCC. The molecular formula is C11H21NO. The van der Waals surface area contributed by atoms with Crippen molar-refractivity contribution in [3.8, 4) is 0 Å². The fourth-order valence-corrected chi connectivity index (χ4v) is 1.37. The lowest BCUT2D eigenvalue weighted by Crippen LogP contribution is -2.24. The summed E-state index contributed by atoms with van der Waals surface area (Å²) < 4.78 is 0. The smallest absolute Gasteiger partial charge is 0.146 e. The Hall–Kier alpha value is -0.630. The molecule has 0 rings (SSSR count). The number of carbonyl (C=O) groups excluding carboxylic acids is 1. The lowest BCUT2D eigenvalue weighted by atomic mass is 10.00. The van der Waals surface area contributed by atoms with Crippen LogP contribution in [0.5, 0.6) is 0 Å². The van der Waals surface area contributed by atoms with Gasteiger partial charge >= 0.3 is 0 Å². The Labute approximate surface area is 81.4 Å². The summed E-state index contributed by atoms with van der Waals surface area (Å²) in [6.07, 6.45) is 4.78. The maximum absolute atomic E-state index is 11.3. The monoisotopic (exact) mass is 183 g/mol. The maximum atomic E-state index is 11.3. The lowest BCUT2D eigenvalue weighted by Gasteiger charge is -2.08. The van der Waals surface area contributed by atoms with Gasteiger partial charge in [0.25, 0.3) is 0 Å². The van der Waals surface area contributed by atoms with Gasteiger partial charge in [-0.3, -0.25) is 4.79 Å². The van der Waals surface area contributed by atoms with Gasteiger partial charge in [0.1, 0.15) is 5.78 Å². The number of nitrogens with one attached hydrogen (secondary N) is 1. The summed E-state index contributed by atoms with van der Waals surface area (Å²) in [4.78, 5) is 11.3. The molecule has 2 heteroatoms. The summed E-state index contributed by atoms with van der Waals surface area (Å²) in [6, 6.07) is 0. The number of rotatable bonds is 8. The van der Waals surface area contributed by atoms with E-state index in [2.05, 4.69) is 25.7 Å². The standard InChI is InChI=1S/C11H21NO/c1-4-6-10(3)8-11(13)9-12-7-5-2/h5,10,12H,2,4,6-9H2,1,3H3. The second-order valence-electron chi connectivity index (χ2n) is 3.56. The molecule has 76 valence electrons. The highest BCUT2D eigenvalue weighted by atomic mass is 16.1. The molecular weight excluding hydrogens is 162 g/mol. The molecule has 1 unspecified atom stereocenters. The number of hydrogen-bond acceptors (Lipinski definition) is 2. The molecule has 0 spiro atoms. The predicted molar refractivity (Wildman–Crippen MR) is 56.8 cm³/mol. The molecule has 13 heavy (non-hydrogen) atoms. The van der Waals surface area contributed by atoms with Crippen LogP contribution in [0, 0.1) is 5.92 Å². The molecule has 0 amide bonds. The molecule has 0 bridgehead atoms. The second kappa shape index (κ2) is 7.99. The highest BCUT2D eigenvalue weighted by Gasteiger charge is 2.06. The minimum atomic E-state index is 0.308. The van der Waals surface area contributed by atoms with Crippen molar-refractivity contribution < 1.29 is 4.79 Å². The number of ketones is 1. The number of Topliss-reactive ketones (excluding diaryl/α,β-unsaturated/α-hetero) is 1. The minimum Gasteiger partial charge on any atom is -0.307 e. The van der Waals surface area contributed by atoms with Crippen LogP contribution in [0.1, 0.15) is 33.1 Å². The topological polar surface area (TPSA) is 29.1 Å². The molecule has 1 atom stereocenters. The van der Waals surface area contributed by atoms with Gasteiger partial charge in [-0.2, -0.15) is 0 Å². The van der Waals surface area contributed by atoms with Crippen molar-refractivity contribution in [1.82, 2.24) is 5.32 Å². The molecule has 0 heterocycles. The van der Waals surface area contributed by atoms with Crippen LogP contribution in [0.15, 0.2) is 12.7 Å². The molecule has 0 aliphatic carbocycles. The van der Waals surface area contributed by atoms with Gasteiger partial charge in [0.15, 0.2) is 0 Å². The molecule has 0 saturated heterocycles. The third-order valence-corrected chi connectivity index (χ3v) is 1.97. The highest BCUT2D eigenvalue weighted by Crippen LogP contribution is 2.09. The summed E-state index contributed by atoms with van der Waals surface area (Å²) in [5.74, 6) is 0.839. The van der Waals surface area contributed by atoms with Crippen molar-refractivity contribution >= 4 is 5.78 Å². The molecule has 0 radical (unpaired) electrons. The normalized spacial score (nSPS) is 12.5. The Bertz CT molecular complexity index is 154. The third kappa shape index (κ3) is 7.72. The van der Waals surface area contributed by atoms with Crippen LogP contribution in [0.4, 0.5) is 0 Å². The van der Waals surface area contributed by atoms with E-state index in [-0.39, 0.29) is 0 Å². The van der Waals surface area contributed by atoms with Gasteiger partial charge in [0.05, 0.1) is 6.54 Å². The van der Waals surface area contributed by atoms with E-state index >= 15 is 0 Å². The first-order chi connectivity index (χ1) is 6.20. The molecule has 0 aromatic carbocycles. The lowest BCUT2D eigenvalue weighted by molar-refractivity contribution is -0.119. The summed E-state index contributed by atoms with van der Waals surface area (Å²) >= 11 is 0. The first kappa shape index (κ1) is 12.4. The summed E-state index contributed by atoms with van der Waals surface area (Å²) in [5, 5.41) is 3.01. The van der Waals surface area contributed by atoms with Gasteiger partial charge in [0, 0.05) is 13.0 Å². The van der Waals surface area contributed by atoms with Crippen LogP contribution >= 0.6 is 0 Å². The average Bonchev–Trinajstić information content (AvgIpc) is 2.05. The van der Waals surface area contributed by atoms with Crippen LogP contribution in [0.25, 0.3) is 0 Å². The van der Waals surface area contributed by atoms with Crippen LogP contribution in [-0.2, 0) is 4.79 Å². The van der Waals surface area contributed by atoms with Crippen molar-refractivity contribution in [2.24, 2.45) is 5.92 Å². The predicted octanol–water partition coefficient (Wildman–Crippen LogP) is 2.16. The van der Waals surface area contributed by atoms with E-state index in [0.717, 1.165) is 12.8 Å². The first-order valence-corrected chi connectivity index (χ1v) is 5.04. The summed E-state index contributed by atoms with van der Waals surface area (Å²) in [7, 11) is 0. The van der Waals surface area contributed by atoms with Crippen molar-refractivity contribution in [3.05, 3.63) is 12.7 Å². The fraction of sp³-hybridized carbons (Fsp3) is 0.727. The Balaban J connectivity index is 3.43. The minimum absolute atomic E-state index is 0.308. The van der Waals surface area contributed by atoms with Crippen molar-refractivity contribution in [2.75, 3.05) is 13.1 Å². The quantitative estimate of drug-likeness (QED) is 0.461. The molecule has 0 fully saturated rings. The molecule has 0 aliphatic heterocycles. The van der Waals surface area contributed by atoms with Gasteiger partial charge in [-0.1, -0.05) is 32.8 Å². The zero-order valence-electron chi connectivity index (χ0n) is 8.81. The van der Waals surface area contributed by atoms with Crippen LogP contribution in [0.2, 0.25) is 0 Å². The van der Waals surface area contributed by atoms with Crippen molar-refractivity contribution in [2.45, 2.75) is 33.1 Å². The van der Waals surface area contributed by atoms with E-state index in [0.29, 0.717) is 31.2 Å². The van der Waals surface area contributed by atoms with Gasteiger partial charge in [-0.15, -0.1) is 6.58 Å². The Morgan fingerprint density at radius 3 is 2.85 bits per heavy atom. The van der Waals surface area contributed by atoms with Crippen LogP contribution in [0.3, 0.4) is 0 Å². The van der Waals surface area contributed by atoms with E-state index in [9.17, 15) is 4.79 Å². The van der Waals surface area contributed by atoms with Crippen molar-refractivity contribution in [3.63, 3.8) is 0 Å². The number of hydrogen-bond donors (Lipinski definition) is 1.